The van der Waals surface area contributed by atoms with Gasteiger partial charge in [0.2, 0.25) is 0 Å². The van der Waals surface area contributed by atoms with Crippen molar-refractivity contribution in [3.05, 3.63) is 57.3 Å². The van der Waals surface area contributed by atoms with Crippen LogP contribution in [0, 0.1) is 6.92 Å². The number of halogens is 1. The van der Waals surface area contributed by atoms with Gasteiger partial charge >= 0.3 is 0 Å². The Morgan fingerprint density at radius 1 is 1.17 bits per heavy atom. The van der Waals surface area contributed by atoms with E-state index in [1.165, 1.54) is 20.9 Å². The summed E-state index contributed by atoms with van der Waals surface area (Å²) in [4.78, 5) is 2.99. The molecule has 0 N–H and O–H groups in total. The molecule has 0 aliphatic heterocycles. The third-order valence-electron chi connectivity index (χ3n) is 3.21. The molecule has 1 aromatic heterocycles. The molecule has 0 aliphatic rings. The lowest BCUT2D eigenvalue weighted by molar-refractivity contribution is 0.785. The minimum atomic E-state index is 0.577. The Labute approximate surface area is 122 Å². The minimum absolute atomic E-state index is 0.577. The second kappa shape index (κ2) is 6.53. The SMILES string of the molecule is CCc1ccc(CC(CBr)c2cccc(C)c2)s1. The van der Waals surface area contributed by atoms with Crippen LogP contribution in [0.5, 0.6) is 0 Å². The number of rotatable bonds is 5. The lowest BCUT2D eigenvalue weighted by Crippen LogP contribution is -2.03. The van der Waals surface area contributed by atoms with Gasteiger partial charge in [0.1, 0.15) is 0 Å². The molecule has 2 aromatic rings. The van der Waals surface area contributed by atoms with Crippen molar-refractivity contribution in [1.29, 1.82) is 0 Å². The Kier molecular flexibility index (Phi) is 5.02. The largest absolute Gasteiger partial charge is 0.145 e. The van der Waals surface area contributed by atoms with Crippen LogP contribution in [0.25, 0.3) is 0 Å². The Morgan fingerprint density at radius 3 is 2.56 bits per heavy atom. The molecule has 1 unspecified atom stereocenters. The van der Waals surface area contributed by atoms with E-state index in [9.17, 15) is 0 Å². The van der Waals surface area contributed by atoms with Crippen molar-refractivity contribution >= 4 is 27.3 Å². The van der Waals surface area contributed by atoms with Crippen molar-refractivity contribution in [2.24, 2.45) is 0 Å². The molecule has 2 rings (SSSR count). The molecular formula is C16H19BrS. The van der Waals surface area contributed by atoms with Crippen molar-refractivity contribution in [1.82, 2.24) is 0 Å². The third-order valence-corrected chi connectivity index (χ3v) is 5.25. The van der Waals surface area contributed by atoms with Gasteiger partial charge in [-0.3, -0.25) is 0 Å². The summed E-state index contributed by atoms with van der Waals surface area (Å²) in [7, 11) is 0. The van der Waals surface area contributed by atoms with Gasteiger partial charge in [0.25, 0.3) is 0 Å². The summed E-state index contributed by atoms with van der Waals surface area (Å²) in [6.07, 6.45) is 2.29. The first-order chi connectivity index (χ1) is 8.72. The average Bonchev–Trinajstić information content (AvgIpc) is 2.83. The van der Waals surface area contributed by atoms with Gasteiger partial charge in [-0.15, -0.1) is 11.3 Å². The molecule has 0 saturated carbocycles. The molecular weight excluding hydrogens is 304 g/mol. The van der Waals surface area contributed by atoms with Gasteiger partial charge in [-0.2, -0.15) is 0 Å². The number of hydrogen-bond donors (Lipinski definition) is 0. The zero-order chi connectivity index (χ0) is 13.0. The van der Waals surface area contributed by atoms with Crippen LogP contribution in [0.4, 0.5) is 0 Å². The fourth-order valence-electron chi connectivity index (χ4n) is 2.15. The maximum Gasteiger partial charge on any atom is 0.0104 e. The fourth-order valence-corrected chi connectivity index (χ4v) is 3.79. The van der Waals surface area contributed by atoms with Crippen LogP contribution in [0.15, 0.2) is 36.4 Å². The van der Waals surface area contributed by atoms with E-state index in [-0.39, 0.29) is 0 Å². The van der Waals surface area contributed by atoms with E-state index in [2.05, 4.69) is 66.2 Å². The van der Waals surface area contributed by atoms with Crippen LogP contribution >= 0.6 is 27.3 Å². The van der Waals surface area contributed by atoms with Crippen molar-refractivity contribution in [3.8, 4) is 0 Å². The Bertz CT molecular complexity index is 501. The van der Waals surface area contributed by atoms with Crippen LogP contribution in [-0.2, 0) is 12.8 Å². The summed E-state index contributed by atoms with van der Waals surface area (Å²) in [5.74, 6) is 0.577. The number of hydrogen-bond acceptors (Lipinski definition) is 1. The van der Waals surface area contributed by atoms with E-state index >= 15 is 0 Å². The smallest absolute Gasteiger partial charge is 0.0104 e. The second-order valence-electron chi connectivity index (χ2n) is 4.69. The highest BCUT2D eigenvalue weighted by atomic mass is 79.9. The van der Waals surface area contributed by atoms with Crippen LogP contribution in [0.2, 0.25) is 0 Å². The summed E-state index contributed by atoms with van der Waals surface area (Å²) >= 11 is 5.62. The Balaban J connectivity index is 2.14. The summed E-state index contributed by atoms with van der Waals surface area (Å²) in [5, 5.41) is 1.02. The first-order valence-corrected chi connectivity index (χ1v) is 8.36. The normalized spacial score (nSPS) is 12.6. The van der Waals surface area contributed by atoms with Crippen LogP contribution in [-0.4, -0.2) is 5.33 Å². The number of alkyl halides is 1. The molecule has 1 heterocycles. The van der Waals surface area contributed by atoms with E-state index < -0.39 is 0 Å². The van der Waals surface area contributed by atoms with Crippen molar-refractivity contribution in [2.45, 2.75) is 32.6 Å². The van der Waals surface area contributed by atoms with E-state index in [1.807, 2.05) is 11.3 Å². The topological polar surface area (TPSA) is 0 Å². The number of thiophene rings is 1. The van der Waals surface area contributed by atoms with E-state index in [4.69, 9.17) is 0 Å². The maximum atomic E-state index is 3.66. The van der Waals surface area contributed by atoms with Gasteiger partial charge in [0.05, 0.1) is 0 Å². The molecule has 0 radical (unpaired) electrons. The molecule has 1 aromatic carbocycles. The quantitative estimate of drug-likeness (QED) is 0.652. The number of aryl methyl sites for hydroxylation is 2. The van der Waals surface area contributed by atoms with E-state index in [0.29, 0.717) is 5.92 Å². The molecule has 0 aliphatic carbocycles. The van der Waals surface area contributed by atoms with Gasteiger partial charge in [0.15, 0.2) is 0 Å². The molecule has 96 valence electrons. The zero-order valence-electron chi connectivity index (χ0n) is 10.9. The predicted octanol–water partition coefficient (Wildman–Crippen LogP) is 5.34. The van der Waals surface area contributed by atoms with Gasteiger partial charge in [-0.05, 0) is 43.4 Å². The summed E-state index contributed by atoms with van der Waals surface area (Å²) in [5.41, 5.74) is 2.79. The number of benzene rings is 1. The second-order valence-corrected chi connectivity index (χ2v) is 6.59. The first kappa shape index (κ1) is 13.8. The summed E-state index contributed by atoms with van der Waals surface area (Å²) in [6.45, 7) is 4.38. The highest BCUT2D eigenvalue weighted by Crippen LogP contribution is 2.27. The Morgan fingerprint density at radius 2 is 1.94 bits per heavy atom. The average molecular weight is 323 g/mol. The minimum Gasteiger partial charge on any atom is -0.145 e. The summed E-state index contributed by atoms with van der Waals surface area (Å²) < 4.78 is 0. The van der Waals surface area contributed by atoms with Crippen LogP contribution in [0.3, 0.4) is 0 Å². The van der Waals surface area contributed by atoms with Crippen molar-refractivity contribution in [2.75, 3.05) is 5.33 Å². The first-order valence-electron chi connectivity index (χ1n) is 6.43. The lowest BCUT2D eigenvalue weighted by Gasteiger charge is -2.14. The standard InChI is InChI=1S/C16H19BrS/c1-3-15-7-8-16(18-15)10-14(11-17)13-6-4-5-12(2)9-13/h4-9,14H,3,10-11H2,1-2H3. The molecule has 0 nitrogen and oxygen atoms in total. The van der Waals surface area contributed by atoms with Gasteiger partial charge < -0.3 is 0 Å². The molecule has 0 saturated heterocycles. The predicted molar refractivity (Wildman–Crippen MR) is 85.1 cm³/mol. The Hall–Kier alpha value is -0.600. The summed E-state index contributed by atoms with van der Waals surface area (Å²) in [6, 6.07) is 13.4. The molecule has 18 heavy (non-hydrogen) atoms. The fraction of sp³-hybridized carbons (Fsp3) is 0.375. The van der Waals surface area contributed by atoms with Gasteiger partial charge in [-0.25, -0.2) is 0 Å². The monoisotopic (exact) mass is 322 g/mol. The van der Waals surface area contributed by atoms with E-state index in [1.54, 1.807) is 0 Å². The molecule has 0 spiro atoms. The third kappa shape index (κ3) is 3.46. The molecule has 1 atom stereocenters. The van der Waals surface area contributed by atoms with Crippen molar-refractivity contribution < 1.29 is 0 Å². The van der Waals surface area contributed by atoms with Crippen LogP contribution < -0.4 is 0 Å². The lowest BCUT2D eigenvalue weighted by atomic mass is 9.96. The maximum absolute atomic E-state index is 3.66. The molecule has 0 bridgehead atoms. The van der Waals surface area contributed by atoms with E-state index in [0.717, 1.165) is 18.2 Å². The van der Waals surface area contributed by atoms with Gasteiger partial charge in [0, 0.05) is 15.1 Å². The van der Waals surface area contributed by atoms with Crippen LogP contribution in [0.1, 0.15) is 33.7 Å². The molecule has 2 heteroatoms. The molecule has 0 amide bonds. The highest BCUT2D eigenvalue weighted by molar-refractivity contribution is 9.09. The molecule has 0 fully saturated rings. The highest BCUT2D eigenvalue weighted by Gasteiger charge is 2.12. The van der Waals surface area contributed by atoms with Gasteiger partial charge in [-0.1, -0.05) is 52.7 Å². The van der Waals surface area contributed by atoms with Crippen molar-refractivity contribution in [3.63, 3.8) is 0 Å². The zero-order valence-corrected chi connectivity index (χ0v) is 13.4.